The molecule has 0 radical (unpaired) electrons. The summed E-state index contributed by atoms with van der Waals surface area (Å²) in [5, 5.41) is 12.2. The third kappa shape index (κ3) is 3.53. The fraction of sp³-hybridized carbons (Fsp3) is 0.353. The van der Waals surface area contributed by atoms with E-state index in [0.29, 0.717) is 16.8 Å². The van der Waals surface area contributed by atoms with E-state index in [9.17, 15) is 0 Å². The van der Waals surface area contributed by atoms with Crippen LogP contribution in [0.3, 0.4) is 0 Å². The van der Waals surface area contributed by atoms with Crippen molar-refractivity contribution in [3.63, 3.8) is 0 Å². The van der Waals surface area contributed by atoms with E-state index in [-0.39, 0.29) is 6.04 Å². The largest absolute Gasteiger partial charge is 0.419 e. The van der Waals surface area contributed by atoms with E-state index in [1.54, 1.807) is 11.3 Å². The van der Waals surface area contributed by atoms with Crippen LogP contribution in [0.5, 0.6) is 0 Å². The van der Waals surface area contributed by atoms with E-state index in [0.717, 1.165) is 36.9 Å². The van der Waals surface area contributed by atoms with Crippen molar-refractivity contribution in [2.45, 2.75) is 13.0 Å². The molecule has 0 bridgehead atoms. The molecule has 0 saturated carbocycles. The summed E-state index contributed by atoms with van der Waals surface area (Å²) in [6, 6.07) is 7.53. The van der Waals surface area contributed by atoms with Crippen molar-refractivity contribution >= 4 is 28.1 Å². The first-order chi connectivity index (χ1) is 12.2. The van der Waals surface area contributed by atoms with Crippen LogP contribution >= 0.6 is 22.9 Å². The Morgan fingerprint density at radius 1 is 1.20 bits per heavy atom. The Bertz CT molecular complexity index is 829. The van der Waals surface area contributed by atoms with Gasteiger partial charge in [-0.2, -0.15) is 0 Å². The van der Waals surface area contributed by atoms with Crippen LogP contribution in [-0.2, 0) is 0 Å². The lowest BCUT2D eigenvalue weighted by Crippen LogP contribution is -2.47. The van der Waals surface area contributed by atoms with Gasteiger partial charge in [0.2, 0.25) is 11.8 Å². The smallest absolute Gasteiger partial charge is 0.247 e. The molecule has 1 fully saturated rings. The van der Waals surface area contributed by atoms with Crippen molar-refractivity contribution in [2.24, 2.45) is 0 Å². The molecule has 3 heterocycles. The highest BCUT2D eigenvalue weighted by atomic mass is 35.5. The fourth-order valence-corrected chi connectivity index (χ4v) is 3.86. The van der Waals surface area contributed by atoms with Gasteiger partial charge in [-0.05, 0) is 25.1 Å². The van der Waals surface area contributed by atoms with E-state index < -0.39 is 0 Å². The van der Waals surface area contributed by atoms with Gasteiger partial charge in [-0.1, -0.05) is 17.7 Å². The molecule has 0 N–H and O–H groups in total. The normalized spacial score (nSPS) is 17.0. The van der Waals surface area contributed by atoms with Crippen LogP contribution < -0.4 is 4.90 Å². The number of hydrogen-bond donors (Lipinski definition) is 0. The maximum Gasteiger partial charge on any atom is 0.247 e. The summed E-state index contributed by atoms with van der Waals surface area (Å²) in [4.78, 5) is 9.07. The number of rotatable bonds is 4. The van der Waals surface area contributed by atoms with Gasteiger partial charge in [0.25, 0.3) is 0 Å². The zero-order valence-corrected chi connectivity index (χ0v) is 15.4. The fourth-order valence-electron chi connectivity index (χ4n) is 2.97. The van der Waals surface area contributed by atoms with Crippen LogP contribution in [0.1, 0.15) is 18.9 Å². The van der Waals surface area contributed by atoms with Crippen LogP contribution in [0.25, 0.3) is 11.5 Å². The van der Waals surface area contributed by atoms with E-state index >= 15 is 0 Å². The van der Waals surface area contributed by atoms with Crippen LogP contribution in [0.4, 0.5) is 5.13 Å². The van der Waals surface area contributed by atoms with Gasteiger partial charge < -0.3 is 9.32 Å². The first-order valence-corrected chi connectivity index (χ1v) is 9.44. The van der Waals surface area contributed by atoms with Gasteiger partial charge in [0.15, 0.2) is 5.13 Å². The second-order valence-corrected chi connectivity index (χ2v) is 7.28. The predicted octanol–water partition coefficient (Wildman–Crippen LogP) is 3.73. The zero-order chi connectivity index (χ0) is 17.2. The zero-order valence-electron chi connectivity index (χ0n) is 13.8. The Labute approximate surface area is 155 Å². The first kappa shape index (κ1) is 16.5. The highest BCUT2D eigenvalue weighted by Crippen LogP contribution is 2.27. The molecule has 25 heavy (non-hydrogen) atoms. The molecule has 8 heteroatoms. The van der Waals surface area contributed by atoms with Crippen molar-refractivity contribution in [2.75, 3.05) is 31.1 Å². The molecule has 0 spiro atoms. The monoisotopic (exact) mass is 375 g/mol. The first-order valence-electron chi connectivity index (χ1n) is 8.18. The van der Waals surface area contributed by atoms with Gasteiger partial charge >= 0.3 is 0 Å². The molecule has 3 aromatic rings. The number of anilines is 1. The van der Waals surface area contributed by atoms with Crippen molar-refractivity contribution in [3.05, 3.63) is 46.8 Å². The molecule has 1 saturated heterocycles. The number of thiazole rings is 1. The highest BCUT2D eigenvalue weighted by Gasteiger charge is 2.26. The average Bonchev–Trinajstić information content (AvgIpc) is 3.33. The second-order valence-electron chi connectivity index (χ2n) is 5.97. The number of nitrogens with zero attached hydrogens (tertiary/aromatic N) is 5. The molecule has 1 atom stereocenters. The molecule has 0 unspecified atom stereocenters. The highest BCUT2D eigenvalue weighted by molar-refractivity contribution is 7.13. The van der Waals surface area contributed by atoms with Gasteiger partial charge in [-0.15, -0.1) is 21.5 Å². The molecular formula is C17H18ClN5OS. The van der Waals surface area contributed by atoms with Crippen molar-refractivity contribution in [1.29, 1.82) is 0 Å². The molecule has 1 aromatic carbocycles. The Hall–Kier alpha value is -1.96. The average molecular weight is 376 g/mol. The molecule has 130 valence electrons. The van der Waals surface area contributed by atoms with Crippen molar-refractivity contribution < 1.29 is 4.42 Å². The van der Waals surface area contributed by atoms with Gasteiger partial charge in [-0.3, -0.25) is 4.90 Å². The minimum Gasteiger partial charge on any atom is -0.419 e. The predicted molar refractivity (Wildman–Crippen MR) is 99.1 cm³/mol. The summed E-state index contributed by atoms with van der Waals surface area (Å²) in [5.41, 5.74) is 0.840. The topological polar surface area (TPSA) is 58.3 Å². The third-order valence-electron chi connectivity index (χ3n) is 4.42. The molecule has 0 aliphatic carbocycles. The Balaban J connectivity index is 1.43. The summed E-state index contributed by atoms with van der Waals surface area (Å²) in [6.45, 7) is 5.89. The summed E-state index contributed by atoms with van der Waals surface area (Å²) < 4.78 is 5.89. The quantitative estimate of drug-likeness (QED) is 0.692. The minimum atomic E-state index is 0.0823. The van der Waals surface area contributed by atoms with Gasteiger partial charge in [-0.25, -0.2) is 4.98 Å². The molecule has 2 aromatic heterocycles. The molecule has 4 rings (SSSR count). The SMILES string of the molecule is C[C@H](c1nnc(-c2cccc(Cl)c2)o1)N1CCN(c2nccs2)CC1. The number of benzene rings is 1. The van der Waals surface area contributed by atoms with Gasteiger partial charge in [0.1, 0.15) is 0 Å². The molecule has 0 amide bonds. The van der Waals surface area contributed by atoms with Crippen LogP contribution in [0.15, 0.2) is 40.3 Å². The molecule has 6 nitrogen and oxygen atoms in total. The number of aromatic nitrogens is 3. The van der Waals surface area contributed by atoms with Crippen LogP contribution in [0.2, 0.25) is 5.02 Å². The number of piperazine rings is 1. The van der Waals surface area contributed by atoms with Crippen molar-refractivity contribution in [1.82, 2.24) is 20.1 Å². The lowest BCUT2D eigenvalue weighted by Gasteiger charge is -2.36. The minimum absolute atomic E-state index is 0.0823. The third-order valence-corrected chi connectivity index (χ3v) is 5.49. The molecular weight excluding hydrogens is 358 g/mol. The number of halogens is 1. The second kappa shape index (κ2) is 7.11. The summed E-state index contributed by atoms with van der Waals surface area (Å²) in [5.74, 6) is 1.14. The van der Waals surface area contributed by atoms with E-state index in [2.05, 4.69) is 31.9 Å². The standard InChI is InChI=1S/C17H18ClN5OS/c1-12(22-6-8-23(9-7-22)17-19-5-10-25-17)15-20-21-16(24-15)13-3-2-4-14(18)11-13/h2-5,10-12H,6-9H2,1H3/t12-/m1/s1. The van der Waals surface area contributed by atoms with Crippen LogP contribution in [-0.4, -0.2) is 46.3 Å². The van der Waals surface area contributed by atoms with E-state index in [1.165, 1.54) is 0 Å². The maximum absolute atomic E-state index is 6.03. The summed E-state index contributed by atoms with van der Waals surface area (Å²) >= 11 is 7.72. The lowest BCUT2D eigenvalue weighted by atomic mass is 10.2. The number of hydrogen-bond acceptors (Lipinski definition) is 7. The van der Waals surface area contributed by atoms with Gasteiger partial charge in [0.05, 0.1) is 6.04 Å². The Kier molecular flexibility index (Phi) is 4.70. The maximum atomic E-state index is 6.03. The molecule has 1 aliphatic rings. The summed E-state index contributed by atoms with van der Waals surface area (Å²) in [7, 11) is 0. The van der Waals surface area contributed by atoms with Crippen molar-refractivity contribution in [3.8, 4) is 11.5 Å². The molecule has 1 aliphatic heterocycles. The Morgan fingerprint density at radius 3 is 2.76 bits per heavy atom. The lowest BCUT2D eigenvalue weighted by molar-refractivity contribution is 0.173. The Morgan fingerprint density at radius 2 is 2.04 bits per heavy atom. The van der Waals surface area contributed by atoms with Gasteiger partial charge in [0, 0.05) is 48.3 Å². The van der Waals surface area contributed by atoms with E-state index in [4.69, 9.17) is 16.0 Å². The van der Waals surface area contributed by atoms with Crippen LogP contribution in [0, 0.1) is 0 Å². The van der Waals surface area contributed by atoms with E-state index in [1.807, 2.05) is 35.8 Å². The summed E-state index contributed by atoms with van der Waals surface area (Å²) in [6.07, 6.45) is 1.85.